The van der Waals surface area contributed by atoms with Crippen LogP contribution in [-0.4, -0.2) is 26.6 Å². The van der Waals surface area contributed by atoms with E-state index in [1.54, 1.807) is 16.5 Å². The van der Waals surface area contributed by atoms with Crippen LogP contribution in [0, 0.1) is 5.92 Å². The molecule has 2 bridgehead atoms. The summed E-state index contributed by atoms with van der Waals surface area (Å²) in [6.45, 7) is 4.19. The van der Waals surface area contributed by atoms with Crippen molar-refractivity contribution in [2.45, 2.75) is 56.2 Å². The maximum Gasteiger partial charge on any atom is 0.353 e. The third kappa shape index (κ3) is 2.32. The van der Waals surface area contributed by atoms with E-state index in [9.17, 15) is 9.59 Å². The Morgan fingerprint density at radius 1 is 0.909 bits per heavy atom. The number of benzene rings is 2. The standard InChI is InChI=1S/C27H29N3O3/c1-25(2,33-3)22-26-17-11-10-14-20(26)18-27(22,19-12-6-4-7-13-19)30-24(32)28(23(31)29(26)30)21-15-8-5-9-16-21/h4-9,12-13,15-16,18,22H,10-11,14,17H2,1-3H3/t22?,26-,27+/m1/s1. The fourth-order valence-corrected chi connectivity index (χ4v) is 7.09. The number of methoxy groups -OCH3 is 1. The van der Waals surface area contributed by atoms with Crippen LogP contribution in [0.2, 0.25) is 0 Å². The van der Waals surface area contributed by atoms with Crippen molar-refractivity contribution in [3.63, 3.8) is 0 Å². The number of hydrogen-bond acceptors (Lipinski definition) is 3. The molecule has 3 aromatic rings. The Bertz CT molecular complexity index is 1380. The van der Waals surface area contributed by atoms with E-state index in [-0.39, 0.29) is 17.3 Å². The molecule has 1 spiro atoms. The third-order valence-electron chi connectivity index (χ3n) is 8.27. The average Bonchev–Trinajstić information content (AvgIpc) is 3.40. The Morgan fingerprint density at radius 3 is 2.21 bits per heavy atom. The van der Waals surface area contributed by atoms with Gasteiger partial charge in [-0.3, -0.25) is 0 Å². The fourth-order valence-electron chi connectivity index (χ4n) is 7.09. The number of fused-ring (bicyclic) bond motifs is 3. The van der Waals surface area contributed by atoms with Crippen LogP contribution in [-0.2, 0) is 15.8 Å². The lowest BCUT2D eigenvalue weighted by molar-refractivity contribution is -0.0715. The molecule has 1 fully saturated rings. The highest BCUT2D eigenvalue weighted by Gasteiger charge is 2.72. The highest BCUT2D eigenvalue weighted by molar-refractivity contribution is 5.49. The second kappa shape index (κ2) is 6.70. The van der Waals surface area contributed by atoms with Gasteiger partial charge in [-0.1, -0.05) is 61.0 Å². The predicted molar refractivity (Wildman–Crippen MR) is 127 cm³/mol. The molecule has 1 unspecified atom stereocenters. The zero-order valence-corrected chi connectivity index (χ0v) is 19.3. The smallest absolute Gasteiger partial charge is 0.353 e. The quantitative estimate of drug-likeness (QED) is 0.576. The van der Waals surface area contributed by atoms with Gasteiger partial charge in [0.15, 0.2) is 0 Å². The van der Waals surface area contributed by atoms with Crippen LogP contribution in [0.25, 0.3) is 5.69 Å². The Morgan fingerprint density at radius 2 is 1.55 bits per heavy atom. The van der Waals surface area contributed by atoms with Crippen LogP contribution < -0.4 is 11.4 Å². The zero-order valence-electron chi connectivity index (χ0n) is 19.3. The molecular weight excluding hydrogens is 414 g/mol. The third-order valence-corrected chi connectivity index (χ3v) is 8.27. The summed E-state index contributed by atoms with van der Waals surface area (Å²) in [4.78, 5) is 28.2. The molecular formula is C27H29N3O3. The molecule has 6 heteroatoms. The van der Waals surface area contributed by atoms with Gasteiger partial charge in [-0.2, -0.15) is 0 Å². The summed E-state index contributed by atoms with van der Waals surface area (Å²) in [5.41, 5.74) is 0.355. The van der Waals surface area contributed by atoms with Gasteiger partial charge >= 0.3 is 11.4 Å². The highest BCUT2D eigenvalue weighted by Crippen LogP contribution is 2.65. The van der Waals surface area contributed by atoms with Crippen LogP contribution >= 0.6 is 0 Å². The Hall–Kier alpha value is -3.12. The fraction of sp³-hybridized carbons (Fsp3) is 0.407. The largest absolute Gasteiger partial charge is 0.378 e. The summed E-state index contributed by atoms with van der Waals surface area (Å²) in [6, 6.07) is 19.4. The molecule has 1 aromatic heterocycles. The predicted octanol–water partition coefficient (Wildman–Crippen LogP) is 3.81. The molecule has 3 aliphatic rings. The molecule has 3 atom stereocenters. The molecule has 0 amide bonds. The highest BCUT2D eigenvalue weighted by atomic mass is 16.5. The molecule has 2 heterocycles. The van der Waals surface area contributed by atoms with E-state index in [0.29, 0.717) is 5.69 Å². The lowest BCUT2D eigenvalue weighted by atomic mass is 9.63. The second-order valence-corrected chi connectivity index (χ2v) is 10.1. The van der Waals surface area contributed by atoms with E-state index in [1.165, 1.54) is 10.1 Å². The van der Waals surface area contributed by atoms with E-state index < -0.39 is 16.7 Å². The number of hydrogen-bond donors (Lipinski definition) is 0. The maximum absolute atomic E-state index is 14.1. The topological polar surface area (TPSA) is 58.2 Å². The van der Waals surface area contributed by atoms with Gasteiger partial charge in [-0.05, 0) is 56.4 Å². The van der Waals surface area contributed by atoms with Crippen LogP contribution in [0.1, 0.15) is 45.1 Å². The van der Waals surface area contributed by atoms with Crippen molar-refractivity contribution in [1.82, 2.24) is 13.9 Å². The van der Waals surface area contributed by atoms with Crippen molar-refractivity contribution in [2.75, 3.05) is 7.11 Å². The van der Waals surface area contributed by atoms with Gasteiger partial charge in [0.1, 0.15) is 5.54 Å². The van der Waals surface area contributed by atoms with E-state index >= 15 is 0 Å². The number of rotatable bonds is 4. The van der Waals surface area contributed by atoms with Gasteiger partial charge in [-0.15, -0.1) is 0 Å². The van der Waals surface area contributed by atoms with Crippen LogP contribution in [0.3, 0.4) is 0 Å². The van der Waals surface area contributed by atoms with Crippen LogP contribution in [0.4, 0.5) is 0 Å². The average molecular weight is 444 g/mol. The first-order chi connectivity index (χ1) is 15.9. The number of para-hydroxylation sites is 1. The Balaban J connectivity index is 1.78. The summed E-state index contributed by atoms with van der Waals surface area (Å²) in [5, 5.41) is 0. The normalized spacial score (nSPS) is 27.8. The molecule has 6 nitrogen and oxygen atoms in total. The van der Waals surface area contributed by atoms with Gasteiger partial charge < -0.3 is 4.74 Å². The summed E-state index contributed by atoms with van der Waals surface area (Å²) in [7, 11) is 1.73. The first-order valence-corrected chi connectivity index (χ1v) is 11.8. The minimum atomic E-state index is -0.795. The number of allylic oxidation sites excluding steroid dienone is 2. The summed E-state index contributed by atoms with van der Waals surface area (Å²) >= 11 is 0. The van der Waals surface area contributed by atoms with E-state index in [0.717, 1.165) is 31.2 Å². The van der Waals surface area contributed by atoms with Crippen LogP contribution in [0.15, 0.2) is 81.9 Å². The number of nitrogens with zero attached hydrogens (tertiary/aromatic N) is 3. The Labute approximate surface area is 192 Å². The van der Waals surface area contributed by atoms with Crippen molar-refractivity contribution >= 4 is 0 Å². The maximum atomic E-state index is 14.1. The van der Waals surface area contributed by atoms with Gasteiger partial charge in [0.25, 0.3) is 0 Å². The lowest BCUT2D eigenvalue weighted by Gasteiger charge is -2.46. The van der Waals surface area contributed by atoms with Gasteiger partial charge in [0.05, 0.1) is 16.8 Å². The molecule has 1 saturated carbocycles. The van der Waals surface area contributed by atoms with E-state index in [1.807, 2.05) is 48.5 Å². The molecule has 6 rings (SSSR count). The van der Waals surface area contributed by atoms with Crippen LogP contribution in [0.5, 0.6) is 0 Å². The molecule has 2 aromatic carbocycles. The van der Waals surface area contributed by atoms with Crippen molar-refractivity contribution in [3.8, 4) is 5.69 Å². The lowest BCUT2D eigenvalue weighted by Crippen LogP contribution is -2.55. The van der Waals surface area contributed by atoms with Gasteiger partial charge in [0, 0.05) is 13.0 Å². The molecule has 170 valence electrons. The molecule has 2 aliphatic carbocycles. The first-order valence-electron chi connectivity index (χ1n) is 11.8. The SMILES string of the molecule is COC(C)(C)C1[C@@]2(c3ccccc3)C=C3CCCC[C@@]31n1c(=O)n(-c3ccccc3)c(=O)n12. The number of aromatic nitrogens is 3. The minimum absolute atomic E-state index is 0.119. The van der Waals surface area contributed by atoms with E-state index in [2.05, 4.69) is 32.1 Å². The van der Waals surface area contributed by atoms with Crippen molar-refractivity contribution < 1.29 is 4.74 Å². The van der Waals surface area contributed by atoms with Gasteiger partial charge in [-0.25, -0.2) is 23.5 Å². The molecule has 1 aliphatic heterocycles. The van der Waals surface area contributed by atoms with Gasteiger partial charge in [0.2, 0.25) is 0 Å². The second-order valence-electron chi connectivity index (χ2n) is 10.1. The van der Waals surface area contributed by atoms with Crippen molar-refractivity contribution in [2.24, 2.45) is 5.92 Å². The van der Waals surface area contributed by atoms with Crippen molar-refractivity contribution in [1.29, 1.82) is 0 Å². The summed E-state index contributed by atoms with van der Waals surface area (Å²) in [5.74, 6) is -0.119. The molecule has 33 heavy (non-hydrogen) atoms. The van der Waals surface area contributed by atoms with E-state index in [4.69, 9.17) is 4.74 Å². The van der Waals surface area contributed by atoms with Crippen molar-refractivity contribution in [3.05, 3.63) is 98.8 Å². The first kappa shape index (κ1) is 20.5. The molecule has 0 radical (unpaired) electrons. The zero-order chi connectivity index (χ0) is 23.0. The minimum Gasteiger partial charge on any atom is -0.378 e. The number of ether oxygens (including phenoxy) is 1. The monoisotopic (exact) mass is 443 g/mol. The molecule has 0 N–H and O–H groups in total. The summed E-state index contributed by atoms with van der Waals surface area (Å²) in [6.07, 6.45) is 6.15. The Kier molecular flexibility index (Phi) is 4.16. The summed E-state index contributed by atoms with van der Waals surface area (Å²) < 4.78 is 11.0. The molecule has 0 saturated heterocycles.